The fourth-order valence-electron chi connectivity index (χ4n) is 3.41. The normalized spacial score (nSPS) is 14.8. The van der Waals surface area contributed by atoms with Gasteiger partial charge in [0.2, 0.25) is 0 Å². The quantitative estimate of drug-likeness (QED) is 0.721. The molecule has 1 unspecified atom stereocenters. The summed E-state index contributed by atoms with van der Waals surface area (Å²) >= 11 is 0. The summed E-state index contributed by atoms with van der Waals surface area (Å²) in [5.74, 6) is 1.66. The Morgan fingerprint density at radius 1 is 1.15 bits per heavy atom. The van der Waals surface area contributed by atoms with Gasteiger partial charge in [0.25, 0.3) is 0 Å². The van der Waals surface area contributed by atoms with E-state index in [1.54, 1.807) is 0 Å². The van der Waals surface area contributed by atoms with Crippen LogP contribution in [0, 0.1) is 13.8 Å². The summed E-state index contributed by atoms with van der Waals surface area (Å²) in [5.41, 5.74) is 5.38. The molecule has 0 N–H and O–H groups in total. The zero-order chi connectivity index (χ0) is 18.3. The Labute approximate surface area is 153 Å². The summed E-state index contributed by atoms with van der Waals surface area (Å²) < 4.78 is 13.2. The summed E-state index contributed by atoms with van der Waals surface area (Å²) in [6.45, 7) is 8.26. The van der Waals surface area contributed by atoms with Crippen molar-refractivity contribution in [2.24, 2.45) is 0 Å². The van der Waals surface area contributed by atoms with E-state index in [2.05, 4.69) is 48.0 Å². The lowest BCUT2D eigenvalue weighted by atomic mass is 10.1. The molecule has 1 atom stereocenters. The molecule has 0 saturated heterocycles. The molecule has 6 nitrogen and oxygen atoms in total. The second kappa shape index (κ2) is 6.61. The van der Waals surface area contributed by atoms with Gasteiger partial charge in [0.05, 0.1) is 6.20 Å². The molecule has 0 radical (unpaired) electrons. The van der Waals surface area contributed by atoms with Crippen molar-refractivity contribution in [2.45, 2.75) is 33.4 Å². The van der Waals surface area contributed by atoms with Crippen molar-refractivity contribution >= 4 is 5.65 Å². The molecule has 26 heavy (non-hydrogen) atoms. The summed E-state index contributed by atoms with van der Waals surface area (Å²) in [4.78, 5) is 6.97. The van der Waals surface area contributed by atoms with Crippen molar-refractivity contribution in [3.05, 3.63) is 53.0 Å². The smallest absolute Gasteiger partial charge is 0.161 e. The lowest BCUT2D eigenvalue weighted by molar-refractivity contribution is 0.170. The molecule has 0 saturated carbocycles. The van der Waals surface area contributed by atoms with Crippen LogP contribution in [0.25, 0.3) is 5.65 Å². The van der Waals surface area contributed by atoms with Crippen molar-refractivity contribution in [3.63, 3.8) is 0 Å². The van der Waals surface area contributed by atoms with E-state index >= 15 is 0 Å². The zero-order valence-electron chi connectivity index (χ0n) is 15.7. The van der Waals surface area contributed by atoms with E-state index in [1.807, 2.05) is 29.8 Å². The maximum absolute atomic E-state index is 5.72. The number of ether oxygens (including phenoxy) is 2. The van der Waals surface area contributed by atoms with Crippen LogP contribution in [0.15, 0.2) is 30.5 Å². The molecule has 0 bridgehead atoms. The topological polar surface area (TPSA) is 51.9 Å². The van der Waals surface area contributed by atoms with Crippen LogP contribution >= 0.6 is 0 Å². The van der Waals surface area contributed by atoms with Crippen LogP contribution < -0.4 is 9.47 Å². The molecular weight excluding hydrogens is 328 g/mol. The van der Waals surface area contributed by atoms with Crippen LogP contribution in [0.2, 0.25) is 0 Å². The Balaban J connectivity index is 1.57. The molecule has 3 heterocycles. The molecule has 1 aliphatic rings. The third kappa shape index (κ3) is 3.01. The fourth-order valence-corrected chi connectivity index (χ4v) is 3.41. The average Bonchev–Trinajstić information content (AvgIpc) is 3.03. The highest BCUT2D eigenvalue weighted by Crippen LogP contribution is 2.34. The number of aryl methyl sites for hydroxylation is 2. The summed E-state index contributed by atoms with van der Waals surface area (Å²) in [6, 6.07) is 8.46. The van der Waals surface area contributed by atoms with Gasteiger partial charge in [-0.15, -0.1) is 0 Å². The highest BCUT2D eigenvalue weighted by molar-refractivity contribution is 5.48. The van der Waals surface area contributed by atoms with Crippen molar-refractivity contribution < 1.29 is 9.47 Å². The Morgan fingerprint density at radius 2 is 1.92 bits per heavy atom. The van der Waals surface area contributed by atoms with Crippen LogP contribution in [-0.2, 0) is 6.54 Å². The van der Waals surface area contributed by atoms with Gasteiger partial charge >= 0.3 is 0 Å². The van der Waals surface area contributed by atoms with E-state index in [1.165, 1.54) is 5.56 Å². The lowest BCUT2D eigenvalue weighted by Gasteiger charge is -2.26. The highest BCUT2D eigenvalue weighted by atomic mass is 16.6. The predicted molar refractivity (Wildman–Crippen MR) is 99.8 cm³/mol. The van der Waals surface area contributed by atoms with Gasteiger partial charge in [-0.2, -0.15) is 5.10 Å². The van der Waals surface area contributed by atoms with Crippen LogP contribution in [0.3, 0.4) is 0 Å². The van der Waals surface area contributed by atoms with Crippen LogP contribution in [0.5, 0.6) is 11.5 Å². The van der Waals surface area contributed by atoms with Crippen molar-refractivity contribution in [1.82, 2.24) is 19.5 Å². The molecule has 0 amide bonds. The van der Waals surface area contributed by atoms with Gasteiger partial charge in [0.15, 0.2) is 17.1 Å². The third-order valence-electron chi connectivity index (χ3n) is 4.98. The molecule has 2 aromatic heterocycles. The van der Waals surface area contributed by atoms with Gasteiger partial charge in [0, 0.05) is 29.5 Å². The molecule has 1 aliphatic heterocycles. The van der Waals surface area contributed by atoms with E-state index in [0.29, 0.717) is 13.2 Å². The molecule has 3 aromatic rings. The molecular formula is C20H24N4O2. The van der Waals surface area contributed by atoms with Crippen molar-refractivity contribution in [2.75, 3.05) is 20.3 Å². The van der Waals surface area contributed by atoms with Gasteiger partial charge in [-0.3, -0.25) is 4.90 Å². The monoisotopic (exact) mass is 352 g/mol. The van der Waals surface area contributed by atoms with Crippen LogP contribution in [-0.4, -0.2) is 39.8 Å². The first-order valence-electron chi connectivity index (χ1n) is 8.93. The molecule has 4 rings (SSSR count). The first-order chi connectivity index (χ1) is 12.5. The maximum Gasteiger partial charge on any atom is 0.161 e. The summed E-state index contributed by atoms with van der Waals surface area (Å²) in [6.07, 6.45) is 1.92. The van der Waals surface area contributed by atoms with Crippen molar-refractivity contribution in [1.29, 1.82) is 0 Å². The highest BCUT2D eigenvalue weighted by Gasteiger charge is 2.19. The number of hydrogen-bond donors (Lipinski definition) is 0. The number of nitrogens with zero attached hydrogens (tertiary/aromatic N) is 4. The van der Waals surface area contributed by atoms with E-state index in [4.69, 9.17) is 9.47 Å². The predicted octanol–water partition coefficient (Wildman–Crippen LogP) is 3.31. The Kier molecular flexibility index (Phi) is 4.28. The first kappa shape index (κ1) is 16.8. The molecule has 0 spiro atoms. The standard InChI is InChI=1S/C20H24N4O2/c1-13-9-14(2)24-20(22-13)17(11-21-24)12-23(4)15(3)16-5-6-18-19(10-16)26-8-7-25-18/h5-6,9-11,15H,7-8,12H2,1-4H3. The zero-order valence-corrected chi connectivity index (χ0v) is 15.7. The van der Waals surface area contributed by atoms with Crippen molar-refractivity contribution in [3.8, 4) is 11.5 Å². The third-order valence-corrected chi connectivity index (χ3v) is 4.98. The molecule has 136 valence electrons. The molecule has 0 aliphatic carbocycles. The summed E-state index contributed by atoms with van der Waals surface area (Å²) in [7, 11) is 2.12. The second-order valence-corrected chi connectivity index (χ2v) is 6.94. The van der Waals surface area contributed by atoms with Crippen LogP contribution in [0.1, 0.15) is 35.5 Å². The van der Waals surface area contributed by atoms with E-state index in [0.717, 1.165) is 40.6 Å². The SMILES string of the molecule is Cc1cc(C)n2ncc(CN(C)C(C)c3ccc4c(c3)OCCO4)c2n1. The minimum Gasteiger partial charge on any atom is -0.486 e. The molecule has 1 aromatic carbocycles. The van der Waals surface area contributed by atoms with E-state index in [-0.39, 0.29) is 6.04 Å². The lowest BCUT2D eigenvalue weighted by Crippen LogP contribution is -2.22. The van der Waals surface area contributed by atoms with Gasteiger partial charge in [0.1, 0.15) is 13.2 Å². The van der Waals surface area contributed by atoms with Gasteiger partial charge in [-0.25, -0.2) is 9.50 Å². The molecule has 0 fully saturated rings. The number of hydrogen-bond acceptors (Lipinski definition) is 5. The number of benzene rings is 1. The maximum atomic E-state index is 5.72. The average molecular weight is 352 g/mol. The van der Waals surface area contributed by atoms with Gasteiger partial charge < -0.3 is 9.47 Å². The van der Waals surface area contributed by atoms with Gasteiger partial charge in [-0.05, 0) is 51.6 Å². The van der Waals surface area contributed by atoms with E-state index in [9.17, 15) is 0 Å². The van der Waals surface area contributed by atoms with E-state index < -0.39 is 0 Å². The summed E-state index contributed by atoms with van der Waals surface area (Å²) in [5, 5.41) is 4.49. The molecule has 6 heteroatoms. The minimum absolute atomic E-state index is 0.228. The number of aromatic nitrogens is 3. The second-order valence-electron chi connectivity index (χ2n) is 6.94. The number of fused-ring (bicyclic) bond motifs is 2. The Bertz CT molecular complexity index is 950. The van der Waals surface area contributed by atoms with Gasteiger partial charge in [-0.1, -0.05) is 6.07 Å². The van der Waals surface area contributed by atoms with Crippen LogP contribution in [0.4, 0.5) is 0 Å². The Hall–Kier alpha value is -2.60. The minimum atomic E-state index is 0.228. The number of rotatable bonds is 4. The Morgan fingerprint density at radius 3 is 2.73 bits per heavy atom. The fraction of sp³-hybridized carbons (Fsp3) is 0.400. The largest absolute Gasteiger partial charge is 0.486 e. The first-order valence-corrected chi connectivity index (χ1v) is 8.93.